The number of benzene rings is 1. The van der Waals surface area contributed by atoms with Gasteiger partial charge < -0.3 is 0 Å². The number of nitrogens with zero attached hydrogens (tertiary/aromatic N) is 1. The van der Waals surface area contributed by atoms with Crippen molar-refractivity contribution in [2.45, 2.75) is 6.42 Å². The quantitative estimate of drug-likeness (QED) is 0.864. The topological polar surface area (TPSA) is 22.1 Å². The minimum absolute atomic E-state index is 0.369. The van der Waals surface area contributed by atoms with Crippen LogP contribution in [0.1, 0.15) is 5.69 Å². The summed E-state index contributed by atoms with van der Waals surface area (Å²) in [5.74, 6) is 0.805. The van der Waals surface area contributed by atoms with Crippen molar-refractivity contribution in [1.82, 2.24) is 4.98 Å². The monoisotopic (exact) mass is 306 g/mol. The molecule has 0 saturated heterocycles. The van der Waals surface area contributed by atoms with Gasteiger partial charge in [-0.3, -0.25) is 0 Å². The summed E-state index contributed by atoms with van der Waals surface area (Å²) >= 11 is 0.414. The first-order valence-corrected chi connectivity index (χ1v) is 6.36. The molecule has 0 aliphatic carbocycles. The minimum atomic E-state index is -0.371. The third-order valence-corrected chi connectivity index (χ3v) is 3.13. The summed E-state index contributed by atoms with van der Waals surface area (Å²) in [5, 5.41) is 1.04. The number of halogens is 1. The summed E-state index contributed by atoms with van der Waals surface area (Å²) in [6.45, 7) is -0.371. The zero-order valence-electron chi connectivity index (χ0n) is 8.24. The number of pyridine rings is 1. The van der Waals surface area contributed by atoms with Crippen molar-refractivity contribution in [3.05, 3.63) is 36.0 Å². The van der Waals surface area contributed by atoms with Gasteiger partial charge in [0.05, 0.1) is 0 Å². The standard InChI is InChI=1S/C11H10FNO.In.H/c12-7-6-9-5-4-8-2-1-3-10(14)11(8)13-9;;/h1-5,14H,6-7H2;;/q;+1;/p-1. The number of para-hydroxylation sites is 1. The van der Waals surface area contributed by atoms with Crippen LogP contribution < -0.4 is 2.85 Å². The molecule has 2 nitrogen and oxygen atoms in total. The Bertz CT molecular complexity index is 475. The van der Waals surface area contributed by atoms with E-state index in [1.165, 1.54) is 0 Å². The molecule has 0 aliphatic rings. The molecule has 0 fully saturated rings. The molecule has 0 spiro atoms. The summed E-state index contributed by atoms with van der Waals surface area (Å²) in [4.78, 5) is 4.40. The normalized spacial score (nSPS) is 10.5. The average molecular weight is 306 g/mol. The van der Waals surface area contributed by atoms with Crippen LogP contribution in [0.3, 0.4) is 0 Å². The molecule has 0 unspecified atom stereocenters. The van der Waals surface area contributed by atoms with E-state index in [4.69, 9.17) is 2.85 Å². The van der Waals surface area contributed by atoms with Crippen LogP contribution in [0, 0.1) is 0 Å². The average Bonchev–Trinajstić information content (AvgIpc) is 2.28. The fourth-order valence-corrected chi connectivity index (χ4v) is 2.18. The van der Waals surface area contributed by atoms with Crippen LogP contribution in [0.4, 0.5) is 4.39 Å². The molecule has 0 aliphatic heterocycles. The van der Waals surface area contributed by atoms with E-state index in [1.807, 2.05) is 30.3 Å². The van der Waals surface area contributed by atoms with E-state index in [-0.39, 0.29) is 6.67 Å². The Morgan fingerprint density at radius 3 is 2.87 bits per heavy atom. The molecule has 2 rings (SSSR count). The van der Waals surface area contributed by atoms with E-state index in [0.717, 1.165) is 22.3 Å². The second-order valence-corrected chi connectivity index (χ2v) is 4.04. The molecule has 0 bridgehead atoms. The van der Waals surface area contributed by atoms with Crippen molar-refractivity contribution in [3.8, 4) is 5.75 Å². The molecular formula is C11H10FInNO. The molecule has 75 valence electrons. The predicted molar refractivity (Wildman–Crippen MR) is 59.2 cm³/mol. The Balaban J connectivity index is 2.57. The molecule has 0 N–H and O–H groups in total. The Kier molecular flexibility index (Phi) is 3.46. The fourth-order valence-electron chi connectivity index (χ4n) is 1.51. The summed E-state index contributed by atoms with van der Waals surface area (Å²) in [6.07, 6.45) is 0.369. The molecule has 1 heterocycles. The summed E-state index contributed by atoms with van der Waals surface area (Å²) < 4.78 is 17.6. The van der Waals surface area contributed by atoms with Gasteiger partial charge in [0.25, 0.3) is 0 Å². The molecule has 1 aromatic heterocycles. The van der Waals surface area contributed by atoms with Gasteiger partial charge in [-0.05, 0) is 0 Å². The maximum atomic E-state index is 12.2. The first-order chi connectivity index (χ1) is 7.35. The number of hydrogen-bond acceptors (Lipinski definition) is 2. The second-order valence-electron chi connectivity index (χ2n) is 3.21. The summed E-state index contributed by atoms with van der Waals surface area (Å²) in [6, 6.07) is 9.64. The van der Waals surface area contributed by atoms with Crippen LogP contribution in [-0.2, 0) is 6.42 Å². The molecule has 1 aromatic carbocycles. The van der Waals surface area contributed by atoms with E-state index in [2.05, 4.69) is 4.98 Å². The maximum absolute atomic E-state index is 12.2. The van der Waals surface area contributed by atoms with E-state index >= 15 is 0 Å². The third kappa shape index (κ3) is 2.25. The van der Waals surface area contributed by atoms with Gasteiger partial charge in [-0.1, -0.05) is 0 Å². The van der Waals surface area contributed by atoms with Crippen LogP contribution in [0.25, 0.3) is 10.9 Å². The van der Waals surface area contributed by atoms with Crippen LogP contribution in [0.5, 0.6) is 5.75 Å². The molecule has 15 heavy (non-hydrogen) atoms. The molecule has 2 aromatic rings. The van der Waals surface area contributed by atoms with Crippen molar-refractivity contribution in [3.63, 3.8) is 0 Å². The zero-order chi connectivity index (χ0) is 10.7. The molecule has 0 amide bonds. The van der Waals surface area contributed by atoms with Gasteiger partial charge in [0.2, 0.25) is 0 Å². The van der Waals surface area contributed by atoms with Gasteiger partial charge in [-0.25, -0.2) is 0 Å². The predicted octanol–water partition coefficient (Wildman–Crippen LogP) is 1.94. The first kappa shape index (κ1) is 10.7. The van der Waals surface area contributed by atoms with Crippen molar-refractivity contribution in [1.29, 1.82) is 0 Å². The summed E-state index contributed by atoms with van der Waals surface area (Å²) in [5.41, 5.74) is 1.62. The van der Waals surface area contributed by atoms with Crippen molar-refractivity contribution < 1.29 is 7.24 Å². The van der Waals surface area contributed by atoms with Crippen molar-refractivity contribution in [2.24, 2.45) is 0 Å². The number of fused-ring (bicyclic) bond motifs is 1. The van der Waals surface area contributed by atoms with Crippen molar-refractivity contribution >= 4 is 35.7 Å². The fraction of sp³-hybridized carbons (Fsp3) is 0.182. The third-order valence-electron chi connectivity index (χ3n) is 2.25. The molecule has 0 saturated carbocycles. The Labute approximate surface area is 103 Å². The Morgan fingerprint density at radius 2 is 2.13 bits per heavy atom. The second kappa shape index (κ2) is 4.84. The van der Waals surface area contributed by atoms with Crippen LogP contribution in [0.15, 0.2) is 30.3 Å². The number of alkyl halides is 1. The number of hydrogen-bond donors (Lipinski definition) is 0. The van der Waals surface area contributed by atoms with Gasteiger partial charge >= 0.3 is 103 Å². The molecule has 0 atom stereocenters. The number of aryl methyl sites for hydroxylation is 1. The van der Waals surface area contributed by atoms with Gasteiger partial charge in [0, 0.05) is 0 Å². The number of rotatable bonds is 3. The zero-order valence-corrected chi connectivity index (χ0v) is 12.3. The first-order valence-electron chi connectivity index (χ1n) is 4.72. The molecule has 4 heteroatoms. The van der Waals surface area contributed by atoms with Gasteiger partial charge in [0.1, 0.15) is 0 Å². The van der Waals surface area contributed by atoms with Gasteiger partial charge in [-0.15, -0.1) is 0 Å². The SMILES string of the molecule is FCCc1ccc2cccc([O][InH])c2n1. The number of aromatic nitrogens is 1. The van der Waals surface area contributed by atoms with E-state index in [1.54, 1.807) is 0 Å². The Hall–Kier alpha value is -0.770. The van der Waals surface area contributed by atoms with Gasteiger partial charge in [0.15, 0.2) is 0 Å². The van der Waals surface area contributed by atoms with Crippen LogP contribution in [0.2, 0.25) is 0 Å². The van der Waals surface area contributed by atoms with Crippen LogP contribution >= 0.6 is 0 Å². The molecule has 1 radical (unpaired) electrons. The van der Waals surface area contributed by atoms with E-state index in [0.29, 0.717) is 31.2 Å². The van der Waals surface area contributed by atoms with E-state index in [9.17, 15) is 4.39 Å². The molecular weight excluding hydrogens is 296 g/mol. The van der Waals surface area contributed by atoms with Crippen molar-refractivity contribution in [2.75, 3.05) is 6.67 Å². The Morgan fingerprint density at radius 1 is 1.27 bits per heavy atom. The summed E-state index contributed by atoms with van der Waals surface area (Å²) in [7, 11) is 0. The van der Waals surface area contributed by atoms with Crippen LogP contribution in [-0.4, -0.2) is 36.5 Å². The van der Waals surface area contributed by atoms with E-state index < -0.39 is 0 Å². The van der Waals surface area contributed by atoms with Gasteiger partial charge in [-0.2, -0.15) is 0 Å².